The second-order valence-electron chi connectivity index (χ2n) is 9.53. The molecule has 198 valence electrons. The molecule has 1 amide bonds. The minimum absolute atomic E-state index is 0.0485. The van der Waals surface area contributed by atoms with Crippen molar-refractivity contribution in [2.75, 3.05) is 10.2 Å². The summed E-state index contributed by atoms with van der Waals surface area (Å²) in [6.45, 7) is 0. The van der Waals surface area contributed by atoms with E-state index in [9.17, 15) is 34.0 Å². The number of aliphatic carboxylic acids is 1. The Morgan fingerprint density at radius 2 is 1.74 bits per heavy atom. The topological polar surface area (TPSA) is 130 Å². The molecule has 3 aromatic carbocycles. The molecule has 0 fully saturated rings. The van der Waals surface area contributed by atoms with E-state index >= 15 is 0 Å². The van der Waals surface area contributed by atoms with Crippen molar-refractivity contribution in [3.63, 3.8) is 0 Å². The van der Waals surface area contributed by atoms with Gasteiger partial charge >= 0.3 is 5.97 Å². The normalized spacial score (nSPS) is 18.5. The number of non-ortho nitro benzene ring substituents is 1. The number of allylic oxidation sites excluding steroid dienone is 1. The number of rotatable bonds is 6. The molecule has 0 aromatic heterocycles. The molecule has 39 heavy (non-hydrogen) atoms. The molecule has 9 nitrogen and oxygen atoms in total. The zero-order valence-corrected chi connectivity index (χ0v) is 20.7. The fourth-order valence-corrected chi connectivity index (χ4v) is 5.29. The number of ketones is 1. The molecular weight excluding hydrogens is 505 g/mol. The first-order chi connectivity index (χ1) is 18.7. The number of nitro benzene ring substituents is 1. The molecule has 0 unspecified atom stereocenters. The van der Waals surface area contributed by atoms with Crippen molar-refractivity contribution in [3.8, 4) is 0 Å². The molecule has 0 spiro atoms. The van der Waals surface area contributed by atoms with Gasteiger partial charge in [0.1, 0.15) is 5.82 Å². The number of benzene rings is 3. The third kappa shape index (κ3) is 5.13. The Bertz CT molecular complexity index is 1520. The number of nitrogens with zero attached hydrogens (tertiary/aromatic N) is 2. The summed E-state index contributed by atoms with van der Waals surface area (Å²) in [4.78, 5) is 51.0. The largest absolute Gasteiger partial charge is 0.481 e. The minimum Gasteiger partial charge on any atom is -0.481 e. The highest BCUT2D eigenvalue weighted by molar-refractivity contribution is 6.06. The molecule has 5 rings (SSSR count). The van der Waals surface area contributed by atoms with Crippen LogP contribution in [0.2, 0.25) is 0 Å². The van der Waals surface area contributed by atoms with Crippen LogP contribution in [-0.2, 0) is 14.4 Å². The molecule has 0 saturated carbocycles. The van der Waals surface area contributed by atoms with Gasteiger partial charge in [0.2, 0.25) is 5.91 Å². The Morgan fingerprint density at radius 3 is 2.46 bits per heavy atom. The molecule has 1 aliphatic carbocycles. The van der Waals surface area contributed by atoms with Gasteiger partial charge < -0.3 is 10.4 Å². The van der Waals surface area contributed by atoms with Crippen molar-refractivity contribution >= 4 is 34.7 Å². The van der Waals surface area contributed by atoms with Gasteiger partial charge in [0, 0.05) is 36.2 Å². The smallest absolute Gasteiger partial charge is 0.303 e. The van der Waals surface area contributed by atoms with E-state index in [1.54, 1.807) is 36.4 Å². The van der Waals surface area contributed by atoms with Crippen molar-refractivity contribution in [2.45, 2.75) is 37.6 Å². The lowest BCUT2D eigenvalue weighted by atomic mass is 9.78. The van der Waals surface area contributed by atoms with Crippen LogP contribution in [0.1, 0.15) is 48.8 Å². The van der Waals surface area contributed by atoms with Crippen LogP contribution < -0.4 is 10.2 Å². The summed E-state index contributed by atoms with van der Waals surface area (Å²) >= 11 is 0. The molecule has 0 bridgehead atoms. The third-order valence-electron chi connectivity index (χ3n) is 7.05. The number of amides is 1. The highest BCUT2D eigenvalue weighted by atomic mass is 19.1. The number of carboxylic acid groups (broad SMARTS) is 1. The van der Waals surface area contributed by atoms with E-state index in [2.05, 4.69) is 5.32 Å². The predicted octanol–water partition coefficient (Wildman–Crippen LogP) is 5.50. The van der Waals surface area contributed by atoms with E-state index in [0.717, 1.165) is 0 Å². The number of halogens is 1. The minimum atomic E-state index is -1.13. The highest BCUT2D eigenvalue weighted by Crippen LogP contribution is 2.47. The summed E-state index contributed by atoms with van der Waals surface area (Å²) < 4.78 is 13.9. The average Bonchev–Trinajstić information content (AvgIpc) is 3.07. The van der Waals surface area contributed by atoms with E-state index in [-0.39, 0.29) is 30.2 Å². The van der Waals surface area contributed by atoms with Crippen LogP contribution in [0.5, 0.6) is 0 Å². The summed E-state index contributed by atoms with van der Waals surface area (Å²) in [5, 5.41) is 23.9. The van der Waals surface area contributed by atoms with Crippen molar-refractivity contribution in [1.29, 1.82) is 0 Å². The third-order valence-corrected chi connectivity index (χ3v) is 7.05. The lowest BCUT2D eigenvalue weighted by Gasteiger charge is -2.35. The number of nitro groups is 1. The maximum atomic E-state index is 13.9. The maximum Gasteiger partial charge on any atom is 0.303 e. The molecule has 0 radical (unpaired) electrons. The van der Waals surface area contributed by atoms with Gasteiger partial charge in [-0.1, -0.05) is 36.4 Å². The van der Waals surface area contributed by atoms with Crippen LogP contribution in [0.4, 0.5) is 21.5 Å². The molecule has 2 aliphatic rings. The van der Waals surface area contributed by atoms with E-state index in [1.807, 2.05) is 0 Å². The first-order valence-corrected chi connectivity index (χ1v) is 12.4. The van der Waals surface area contributed by atoms with Gasteiger partial charge in [0.05, 0.1) is 28.8 Å². The zero-order valence-electron chi connectivity index (χ0n) is 20.7. The van der Waals surface area contributed by atoms with Crippen LogP contribution in [0, 0.1) is 15.9 Å². The van der Waals surface area contributed by atoms with Crippen LogP contribution in [0.15, 0.2) is 84.1 Å². The van der Waals surface area contributed by atoms with E-state index in [4.69, 9.17) is 0 Å². The lowest BCUT2D eigenvalue weighted by molar-refractivity contribution is -0.384. The molecular formula is C29H24FN3O6. The van der Waals surface area contributed by atoms with Crippen LogP contribution in [0.25, 0.3) is 0 Å². The Balaban J connectivity index is 1.66. The van der Waals surface area contributed by atoms with E-state index in [1.165, 1.54) is 41.3 Å². The van der Waals surface area contributed by atoms with Crippen LogP contribution in [0.3, 0.4) is 0 Å². The summed E-state index contributed by atoms with van der Waals surface area (Å²) in [6.07, 6.45) is -0.303. The van der Waals surface area contributed by atoms with Crippen molar-refractivity contribution in [2.24, 2.45) is 0 Å². The second-order valence-corrected chi connectivity index (χ2v) is 9.53. The number of nitrogens with one attached hydrogen (secondary N) is 1. The van der Waals surface area contributed by atoms with Crippen LogP contribution in [-0.4, -0.2) is 27.7 Å². The quantitative estimate of drug-likeness (QED) is 0.319. The Kier molecular flexibility index (Phi) is 6.93. The highest BCUT2D eigenvalue weighted by Gasteiger charge is 2.41. The van der Waals surface area contributed by atoms with Gasteiger partial charge in [0.15, 0.2) is 5.78 Å². The number of hydrogen-bond acceptors (Lipinski definition) is 6. The van der Waals surface area contributed by atoms with Crippen molar-refractivity contribution < 1.29 is 28.8 Å². The van der Waals surface area contributed by atoms with Gasteiger partial charge in [-0.2, -0.15) is 0 Å². The van der Waals surface area contributed by atoms with Gasteiger partial charge in [-0.25, -0.2) is 4.39 Å². The van der Waals surface area contributed by atoms with Gasteiger partial charge in [-0.05, 0) is 47.7 Å². The molecule has 1 aliphatic heterocycles. The standard InChI is InChI=1S/C29H24FN3O6/c30-20-10-8-17(9-11-20)29-28-23(15-19(16-25(28)34)18-4-3-5-21(14-18)33(38)39)31-22-6-1-2-7-24(22)32(29)26(35)12-13-27(36)37/h1-11,14,19,29,31H,12-13,15-16H2,(H,36,37)/t19-,29+/m1/s1. The lowest BCUT2D eigenvalue weighted by Crippen LogP contribution is -2.38. The summed E-state index contributed by atoms with van der Waals surface area (Å²) in [5.74, 6) is -2.72. The Labute approximate surface area is 222 Å². The number of Topliss-reactive ketones (excluding diaryl/α,β-unsaturated/α-hetero) is 1. The van der Waals surface area contributed by atoms with Gasteiger partial charge in [-0.15, -0.1) is 0 Å². The number of fused-ring (bicyclic) bond motifs is 1. The number of carbonyl (C=O) groups excluding carboxylic acids is 2. The monoisotopic (exact) mass is 529 g/mol. The van der Waals surface area contributed by atoms with Crippen molar-refractivity contribution in [1.82, 2.24) is 0 Å². The molecule has 3 aromatic rings. The fourth-order valence-electron chi connectivity index (χ4n) is 5.29. The van der Waals surface area contributed by atoms with Crippen LogP contribution >= 0.6 is 0 Å². The van der Waals surface area contributed by atoms with Crippen molar-refractivity contribution in [3.05, 3.63) is 111 Å². The maximum absolute atomic E-state index is 13.9. The molecule has 1 heterocycles. The number of anilines is 2. The number of carbonyl (C=O) groups is 3. The fraction of sp³-hybridized carbons (Fsp3) is 0.207. The summed E-state index contributed by atoms with van der Waals surface area (Å²) in [7, 11) is 0. The molecule has 10 heteroatoms. The first kappa shape index (κ1) is 25.8. The Morgan fingerprint density at radius 1 is 1.00 bits per heavy atom. The van der Waals surface area contributed by atoms with Gasteiger partial charge in [-0.3, -0.25) is 29.4 Å². The molecule has 2 N–H and O–H groups in total. The number of para-hydroxylation sites is 2. The molecule has 0 saturated heterocycles. The SMILES string of the molecule is O=C(O)CCC(=O)N1c2ccccc2NC2=C(C(=O)C[C@H](c3cccc([N+](=O)[O-])c3)C2)[C@@H]1c1ccc(F)cc1. The van der Waals surface area contributed by atoms with E-state index in [0.29, 0.717) is 40.2 Å². The number of carboxylic acids is 1. The summed E-state index contributed by atoms with van der Waals surface area (Å²) in [6, 6.07) is 17.7. The Hall–Kier alpha value is -4.86. The second kappa shape index (κ2) is 10.5. The predicted molar refractivity (Wildman–Crippen MR) is 141 cm³/mol. The molecule has 2 atom stereocenters. The zero-order chi connectivity index (χ0) is 27.7. The average molecular weight is 530 g/mol. The van der Waals surface area contributed by atoms with E-state index < -0.39 is 35.1 Å². The van der Waals surface area contributed by atoms with Gasteiger partial charge in [0.25, 0.3) is 5.69 Å². The first-order valence-electron chi connectivity index (χ1n) is 12.4. The summed E-state index contributed by atoms with van der Waals surface area (Å²) in [5.41, 5.74) is 2.95. The number of hydrogen-bond donors (Lipinski definition) is 2.